The van der Waals surface area contributed by atoms with Crippen LogP contribution in [0.5, 0.6) is 0 Å². The van der Waals surface area contributed by atoms with Gasteiger partial charge in [-0.15, -0.1) is 0 Å². The van der Waals surface area contributed by atoms with Crippen molar-refractivity contribution in [3.63, 3.8) is 0 Å². The molecule has 1 aromatic heterocycles. The number of fused-ring (bicyclic) bond motifs is 1. The molecule has 0 atom stereocenters. The van der Waals surface area contributed by atoms with Crippen molar-refractivity contribution in [3.8, 4) is 0 Å². The Balaban J connectivity index is 1.93. The van der Waals surface area contributed by atoms with Crippen molar-refractivity contribution < 1.29 is 4.79 Å². The zero-order chi connectivity index (χ0) is 12.4. The molecule has 0 spiro atoms. The van der Waals surface area contributed by atoms with Gasteiger partial charge in [-0.05, 0) is 24.3 Å². The van der Waals surface area contributed by atoms with Gasteiger partial charge < -0.3 is 4.98 Å². The molecular formula is C14H10N2OS. The van der Waals surface area contributed by atoms with Crippen LogP contribution in [0, 0.1) is 0 Å². The van der Waals surface area contributed by atoms with Gasteiger partial charge in [0.25, 0.3) is 0 Å². The lowest BCUT2D eigenvalue weighted by Crippen LogP contribution is -1.80. The Morgan fingerprint density at radius 3 is 2.83 bits per heavy atom. The lowest BCUT2D eigenvalue weighted by Gasteiger charge is -1.98. The molecule has 0 amide bonds. The number of hydrogen-bond donors (Lipinski definition) is 1. The molecule has 88 valence electrons. The van der Waals surface area contributed by atoms with Crippen molar-refractivity contribution >= 4 is 29.1 Å². The first-order chi connectivity index (χ1) is 8.85. The number of H-pyrrole nitrogens is 1. The molecule has 0 fully saturated rings. The maximum atomic E-state index is 10.7. The molecule has 0 bridgehead atoms. The third-order valence-corrected chi connectivity index (χ3v) is 3.45. The summed E-state index contributed by atoms with van der Waals surface area (Å²) in [6, 6.07) is 15.4. The van der Waals surface area contributed by atoms with E-state index in [1.165, 1.54) is 11.8 Å². The van der Waals surface area contributed by atoms with E-state index in [1.54, 1.807) is 6.07 Å². The van der Waals surface area contributed by atoms with Gasteiger partial charge in [-0.1, -0.05) is 36.0 Å². The van der Waals surface area contributed by atoms with Gasteiger partial charge in [0, 0.05) is 10.5 Å². The zero-order valence-corrected chi connectivity index (χ0v) is 10.3. The number of aromatic nitrogens is 2. The molecule has 18 heavy (non-hydrogen) atoms. The fraction of sp³-hybridized carbons (Fsp3) is 0. The first kappa shape index (κ1) is 11.0. The molecule has 3 nitrogen and oxygen atoms in total. The highest BCUT2D eigenvalue weighted by molar-refractivity contribution is 7.99. The molecule has 0 radical (unpaired) electrons. The maximum absolute atomic E-state index is 10.7. The highest BCUT2D eigenvalue weighted by atomic mass is 32.2. The fourth-order valence-corrected chi connectivity index (χ4v) is 2.61. The minimum Gasteiger partial charge on any atom is -0.333 e. The summed E-state index contributed by atoms with van der Waals surface area (Å²) in [6.07, 6.45) is 0.850. The topological polar surface area (TPSA) is 45.8 Å². The van der Waals surface area contributed by atoms with Crippen LogP contribution in [0.3, 0.4) is 0 Å². The second kappa shape index (κ2) is 4.66. The Bertz CT molecular complexity index is 673. The van der Waals surface area contributed by atoms with Gasteiger partial charge in [0.2, 0.25) is 0 Å². The van der Waals surface area contributed by atoms with E-state index in [1.807, 2.05) is 42.5 Å². The van der Waals surface area contributed by atoms with E-state index in [-0.39, 0.29) is 0 Å². The number of rotatable bonds is 3. The summed E-state index contributed by atoms with van der Waals surface area (Å²) in [7, 11) is 0. The van der Waals surface area contributed by atoms with Crippen LogP contribution in [0.15, 0.2) is 58.6 Å². The summed E-state index contributed by atoms with van der Waals surface area (Å²) in [6.45, 7) is 0. The Morgan fingerprint density at radius 2 is 2.00 bits per heavy atom. The average Bonchev–Trinajstić information content (AvgIpc) is 2.81. The molecular weight excluding hydrogens is 244 g/mol. The first-order valence-corrected chi connectivity index (χ1v) is 6.35. The molecule has 0 unspecified atom stereocenters. The van der Waals surface area contributed by atoms with Crippen LogP contribution in [0.25, 0.3) is 11.0 Å². The van der Waals surface area contributed by atoms with Crippen molar-refractivity contribution in [1.82, 2.24) is 9.97 Å². The molecule has 0 aliphatic heterocycles. The number of nitrogens with zero attached hydrogens (tertiary/aromatic N) is 1. The van der Waals surface area contributed by atoms with Gasteiger partial charge in [0.05, 0.1) is 11.0 Å². The normalized spacial score (nSPS) is 10.7. The molecule has 2 aromatic carbocycles. The average molecular weight is 254 g/mol. The van der Waals surface area contributed by atoms with Gasteiger partial charge >= 0.3 is 0 Å². The van der Waals surface area contributed by atoms with Gasteiger partial charge in [0.15, 0.2) is 5.16 Å². The smallest absolute Gasteiger partial charge is 0.171 e. The number of carbonyl (C=O) groups excluding carboxylic acids is 1. The largest absolute Gasteiger partial charge is 0.333 e. The fourth-order valence-electron chi connectivity index (χ4n) is 1.74. The second-order valence-corrected chi connectivity index (χ2v) is 4.91. The highest BCUT2D eigenvalue weighted by Gasteiger charge is 2.04. The number of para-hydroxylation sites is 2. The van der Waals surface area contributed by atoms with E-state index in [0.717, 1.165) is 27.4 Å². The van der Waals surface area contributed by atoms with Gasteiger partial charge in [0.1, 0.15) is 6.29 Å². The summed E-state index contributed by atoms with van der Waals surface area (Å²) in [5, 5.41) is 0.833. The Kier molecular flexibility index (Phi) is 2.86. The van der Waals surface area contributed by atoms with Crippen molar-refractivity contribution in [2.75, 3.05) is 0 Å². The Morgan fingerprint density at radius 1 is 1.11 bits per heavy atom. The van der Waals surface area contributed by atoms with Crippen LogP contribution in [-0.4, -0.2) is 16.3 Å². The predicted octanol–water partition coefficient (Wildman–Crippen LogP) is 3.53. The standard InChI is InChI=1S/C14H10N2OS/c17-9-10-4-3-5-11(8-10)18-14-15-12-6-1-2-7-13(12)16-14/h1-9H,(H,15,16). The number of hydrogen-bond acceptors (Lipinski definition) is 3. The number of nitrogens with one attached hydrogen (secondary N) is 1. The summed E-state index contributed by atoms with van der Waals surface area (Å²) in [5.41, 5.74) is 2.65. The molecule has 0 saturated heterocycles. The molecule has 4 heteroatoms. The maximum Gasteiger partial charge on any atom is 0.171 e. The van der Waals surface area contributed by atoms with Crippen LogP contribution in [0.1, 0.15) is 10.4 Å². The van der Waals surface area contributed by atoms with Crippen LogP contribution >= 0.6 is 11.8 Å². The van der Waals surface area contributed by atoms with Crippen molar-refractivity contribution in [2.45, 2.75) is 10.1 Å². The summed E-state index contributed by atoms with van der Waals surface area (Å²) >= 11 is 1.52. The van der Waals surface area contributed by atoms with Gasteiger partial charge in [-0.3, -0.25) is 4.79 Å². The molecule has 1 heterocycles. The van der Waals surface area contributed by atoms with Crippen LogP contribution in [-0.2, 0) is 0 Å². The first-order valence-electron chi connectivity index (χ1n) is 5.53. The lowest BCUT2D eigenvalue weighted by atomic mass is 10.2. The van der Waals surface area contributed by atoms with Crippen LogP contribution in [0.2, 0.25) is 0 Å². The van der Waals surface area contributed by atoms with Crippen molar-refractivity contribution in [2.24, 2.45) is 0 Å². The number of aromatic amines is 1. The van der Waals surface area contributed by atoms with E-state index >= 15 is 0 Å². The third-order valence-electron chi connectivity index (χ3n) is 2.58. The monoisotopic (exact) mass is 254 g/mol. The quantitative estimate of drug-likeness (QED) is 0.727. The van der Waals surface area contributed by atoms with Gasteiger partial charge in [-0.25, -0.2) is 4.98 Å². The van der Waals surface area contributed by atoms with Crippen molar-refractivity contribution in [1.29, 1.82) is 0 Å². The number of benzene rings is 2. The van der Waals surface area contributed by atoms with E-state index in [9.17, 15) is 4.79 Å². The number of aldehydes is 1. The van der Waals surface area contributed by atoms with Gasteiger partial charge in [-0.2, -0.15) is 0 Å². The van der Waals surface area contributed by atoms with E-state index in [4.69, 9.17) is 0 Å². The predicted molar refractivity (Wildman–Crippen MR) is 72.0 cm³/mol. The Labute approximate surface area is 108 Å². The summed E-state index contributed by atoms with van der Waals surface area (Å²) < 4.78 is 0. The van der Waals surface area contributed by atoms with E-state index < -0.39 is 0 Å². The SMILES string of the molecule is O=Cc1cccc(Sc2nc3ccccc3[nH]2)c1. The molecule has 3 aromatic rings. The zero-order valence-electron chi connectivity index (χ0n) is 9.46. The minimum absolute atomic E-state index is 0.677. The molecule has 0 saturated carbocycles. The van der Waals surface area contributed by atoms with Crippen molar-refractivity contribution in [3.05, 3.63) is 54.1 Å². The third kappa shape index (κ3) is 2.15. The summed E-state index contributed by atoms with van der Waals surface area (Å²) in [4.78, 5) is 19.4. The molecule has 3 rings (SSSR count). The highest BCUT2D eigenvalue weighted by Crippen LogP contribution is 2.27. The summed E-state index contributed by atoms with van der Waals surface area (Å²) in [5.74, 6) is 0. The molecule has 0 aliphatic rings. The van der Waals surface area contributed by atoms with E-state index in [2.05, 4.69) is 9.97 Å². The van der Waals surface area contributed by atoms with Crippen LogP contribution in [0.4, 0.5) is 0 Å². The number of carbonyl (C=O) groups is 1. The van der Waals surface area contributed by atoms with E-state index in [0.29, 0.717) is 5.56 Å². The Hall–Kier alpha value is -2.07. The number of imidazole rings is 1. The van der Waals surface area contributed by atoms with Crippen LogP contribution < -0.4 is 0 Å². The minimum atomic E-state index is 0.677. The second-order valence-electron chi connectivity index (χ2n) is 3.85. The lowest BCUT2D eigenvalue weighted by molar-refractivity contribution is 0.112. The molecule has 1 N–H and O–H groups in total. The molecule has 0 aliphatic carbocycles.